The average Bonchev–Trinajstić information content (AvgIpc) is 2.31. The van der Waals surface area contributed by atoms with Gasteiger partial charge >= 0.3 is 0 Å². The molecule has 0 bridgehead atoms. The van der Waals surface area contributed by atoms with Gasteiger partial charge in [0, 0.05) is 10.8 Å². The maximum atomic E-state index is 12.5. The summed E-state index contributed by atoms with van der Waals surface area (Å²) < 4.78 is 0. The van der Waals surface area contributed by atoms with Crippen LogP contribution < -0.4 is 0 Å². The molecular weight excluding hydrogens is 184 g/mol. The summed E-state index contributed by atoms with van der Waals surface area (Å²) in [6.45, 7) is 0. The van der Waals surface area contributed by atoms with Gasteiger partial charge in [0.25, 0.3) is 0 Å². The van der Waals surface area contributed by atoms with Gasteiger partial charge in [-0.15, -0.1) is 0 Å². The van der Waals surface area contributed by atoms with Crippen molar-refractivity contribution in [1.82, 2.24) is 0 Å². The molecular formula is C14H22O. The van der Waals surface area contributed by atoms with Crippen LogP contribution in [0.2, 0.25) is 0 Å². The second-order valence-electron chi connectivity index (χ2n) is 6.19. The first-order chi connectivity index (χ1) is 7.28. The molecule has 1 nitrogen and oxygen atoms in total. The summed E-state index contributed by atoms with van der Waals surface area (Å²) in [4.78, 5) is 12.5. The molecule has 0 aromatic carbocycles. The van der Waals surface area contributed by atoms with Gasteiger partial charge in [0.1, 0.15) is 5.78 Å². The molecule has 3 fully saturated rings. The molecule has 0 unspecified atom stereocenters. The van der Waals surface area contributed by atoms with Crippen molar-refractivity contribution < 1.29 is 4.79 Å². The lowest BCUT2D eigenvalue weighted by Gasteiger charge is -2.57. The lowest BCUT2D eigenvalue weighted by atomic mass is 9.44. The normalized spacial score (nSPS) is 32.9. The van der Waals surface area contributed by atoms with Crippen LogP contribution in [-0.4, -0.2) is 5.78 Å². The van der Waals surface area contributed by atoms with Gasteiger partial charge in [-0.1, -0.05) is 38.5 Å². The van der Waals surface area contributed by atoms with Gasteiger partial charge in [-0.05, 0) is 32.1 Å². The van der Waals surface area contributed by atoms with Crippen molar-refractivity contribution in [2.45, 2.75) is 70.6 Å². The molecule has 0 saturated heterocycles. The fourth-order valence-corrected chi connectivity index (χ4v) is 4.53. The summed E-state index contributed by atoms with van der Waals surface area (Å²) in [5.74, 6) is 0.689. The van der Waals surface area contributed by atoms with Gasteiger partial charge in [0.15, 0.2) is 0 Å². The highest BCUT2D eigenvalue weighted by molar-refractivity contribution is 5.96. The smallest absolute Gasteiger partial charge is 0.145 e. The summed E-state index contributed by atoms with van der Waals surface area (Å²) >= 11 is 0. The Labute approximate surface area is 92.6 Å². The van der Waals surface area contributed by atoms with Crippen molar-refractivity contribution in [3.05, 3.63) is 0 Å². The number of hydrogen-bond acceptors (Lipinski definition) is 1. The molecule has 3 saturated carbocycles. The maximum absolute atomic E-state index is 12.5. The van der Waals surface area contributed by atoms with Gasteiger partial charge < -0.3 is 0 Å². The third-order valence-electron chi connectivity index (χ3n) is 5.26. The van der Waals surface area contributed by atoms with Crippen LogP contribution in [0.3, 0.4) is 0 Å². The van der Waals surface area contributed by atoms with Crippen molar-refractivity contribution in [3.63, 3.8) is 0 Å². The van der Waals surface area contributed by atoms with E-state index in [-0.39, 0.29) is 10.8 Å². The van der Waals surface area contributed by atoms with E-state index in [0.29, 0.717) is 5.78 Å². The van der Waals surface area contributed by atoms with E-state index >= 15 is 0 Å². The van der Waals surface area contributed by atoms with E-state index < -0.39 is 0 Å². The lowest BCUT2D eigenvalue weighted by molar-refractivity contribution is -0.166. The standard InChI is InChI=1S/C14H22O/c15-12-13(7-3-1-4-8-13)11-14(12)9-5-2-6-10-14/h1-11H2. The van der Waals surface area contributed by atoms with E-state index in [9.17, 15) is 4.79 Å². The summed E-state index contributed by atoms with van der Waals surface area (Å²) in [5.41, 5.74) is 0.380. The molecule has 0 radical (unpaired) electrons. The molecule has 0 atom stereocenters. The minimum absolute atomic E-state index is 0.190. The van der Waals surface area contributed by atoms with Gasteiger partial charge in [0.2, 0.25) is 0 Å². The molecule has 3 aliphatic rings. The van der Waals surface area contributed by atoms with Gasteiger partial charge in [-0.2, -0.15) is 0 Å². The number of carbonyl (C=O) groups is 1. The highest BCUT2D eigenvalue weighted by Crippen LogP contribution is 2.62. The molecule has 0 aromatic rings. The third kappa shape index (κ3) is 1.31. The minimum Gasteiger partial charge on any atom is -0.298 e. The molecule has 0 heterocycles. The molecule has 3 aliphatic carbocycles. The quantitative estimate of drug-likeness (QED) is 0.588. The van der Waals surface area contributed by atoms with Crippen molar-refractivity contribution in [2.24, 2.45) is 10.8 Å². The fraction of sp³-hybridized carbons (Fsp3) is 0.929. The summed E-state index contributed by atoms with van der Waals surface area (Å²) in [5, 5.41) is 0. The molecule has 3 rings (SSSR count). The van der Waals surface area contributed by atoms with E-state index in [1.165, 1.54) is 70.6 Å². The van der Waals surface area contributed by atoms with Crippen molar-refractivity contribution in [3.8, 4) is 0 Å². The van der Waals surface area contributed by atoms with Crippen LogP contribution in [0.15, 0.2) is 0 Å². The van der Waals surface area contributed by atoms with E-state index in [0.717, 1.165) is 0 Å². The molecule has 2 spiro atoms. The fourth-order valence-electron chi connectivity index (χ4n) is 4.53. The van der Waals surface area contributed by atoms with Crippen LogP contribution in [0.5, 0.6) is 0 Å². The van der Waals surface area contributed by atoms with E-state index in [2.05, 4.69) is 0 Å². The lowest BCUT2D eigenvalue weighted by Crippen LogP contribution is -2.58. The summed E-state index contributed by atoms with van der Waals surface area (Å²) in [6.07, 6.45) is 14.1. The highest BCUT2D eigenvalue weighted by atomic mass is 16.1. The predicted octanol–water partition coefficient (Wildman–Crippen LogP) is 3.86. The Morgan fingerprint density at radius 3 is 1.40 bits per heavy atom. The summed E-state index contributed by atoms with van der Waals surface area (Å²) in [7, 11) is 0. The van der Waals surface area contributed by atoms with Crippen LogP contribution in [-0.2, 0) is 4.79 Å². The second-order valence-corrected chi connectivity index (χ2v) is 6.19. The zero-order valence-corrected chi connectivity index (χ0v) is 9.69. The van der Waals surface area contributed by atoms with E-state index in [4.69, 9.17) is 0 Å². The SMILES string of the molecule is O=C1C2(CCCCC2)CC12CCCCC2. The molecule has 0 amide bonds. The molecule has 0 N–H and O–H groups in total. The van der Waals surface area contributed by atoms with Crippen LogP contribution in [0.1, 0.15) is 70.6 Å². The first-order valence-electron chi connectivity index (χ1n) is 6.83. The number of carbonyl (C=O) groups excluding carboxylic acids is 1. The number of hydrogen-bond donors (Lipinski definition) is 0. The highest BCUT2D eigenvalue weighted by Gasteiger charge is 2.61. The Bertz CT molecular complexity index is 241. The Kier molecular flexibility index (Phi) is 2.19. The Morgan fingerprint density at radius 1 is 0.667 bits per heavy atom. The number of Topliss-reactive ketones (excluding diaryl/α,β-unsaturated/α-hetero) is 1. The maximum Gasteiger partial charge on any atom is 0.145 e. The van der Waals surface area contributed by atoms with Crippen LogP contribution in [0.4, 0.5) is 0 Å². The average molecular weight is 206 g/mol. The molecule has 0 aliphatic heterocycles. The van der Waals surface area contributed by atoms with Gasteiger partial charge in [0.05, 0.1) is 0 Å². The second kappa shape index (κ2) is 3.33. The van der Waals surface area contributed by atoms with Crippen LogP contribution in [0.25, 0.3) is 0 Å². The topological polar surface area (TPSA) is 17.1 Å². The molecule has 15 heavy (non-hydrogen) atoms. The molecule has 84 valence electrons. The Balaban J connectivity index is 1.75. The first-order valence-corrected chi connectivity index (χ1v) is 6.83. The van der Waals surface area contributed by atoms with Crippen molar-refractivity contribution >= 4 is 5.78 Å². The number of rotatable bonds is 0. The minimum atomic E-state index is 0.190. The predicted molar refractivity (Wildman–Crippen MR) is 60.7 cm³/mol. The summed E-state index contributed by atoms with van der Waals surface area (Å²) in [6, 6.07) is 0. The third-order valence-corrected chi connectivity index (χ3v) is 5.26. The van der Waals surface area contributed by atoms with Crippen LogP contribution in [0, 0.1) is 10.8 Å². The zero-order chi connectivity index (χ0) is 10.4. The van der Waals surface area contributed by atoms with Gasteiger partial charge in [-0.25, -0.2) is 0 Å². The van der Waals surface area contributed by atoms with Crippen molar-refractivity contribution in [1.29, 1.82) is 0 Å². The zero-order valence-electron chi connectivity index (χ0n) is 9.69. The van der Waals surface area contributed by atoms with E-state index in [1.807, 2.05) is 0 Å². The van der Waals surface area contributed by atoms with Crippen LogP contribution >= 0.6 is 0 Å². The Morgan fingerprint density at radius 2 is 1.07 bits per heavy atom. The van der Waals surface area contributed by atoms with E-state index in [1.54, 1.807) is 0 Å². The van der Waals surface area contributed by atoms with Crippen molar-refractivity contribution in [2.75, 3.05) is 0 Å². The largest absolute Gasteiger partial charge is 0.298 e. The number of ketones is 1. The van der Waals surface area contributed by atoms with Gasteiger partial charge in [-0.3, -0.25) is 4.79 Å². The molecule has 1 heteroatoms. The monoisotopic (exact) mass is 206 g/mol. The molecule has 0 aromatic heterocycles. The first kappa shape index (κ1) is 9.86. The Hall–Kier alpha value is -0.330.